The fourth-order valence-electron chi connectivity index (χ4n) is 1.19. The zero-order valence-corrected chi connectivity index (χ0v) is 7.54. The number of benzene rings is 1. The quantitative estimate of drug-likeness (QED) is 0.516. The zero-order valence-electron chi connectivity index (χ0n) is 6.79. The second kappa shape index (κ2) is 3.23. The van der Waals surface area contributed by atoms with Crippen LogP contribution in [0.3, 0.4) is 0 Å². The maximum atomic E-state index is 10.9. The first-order chi connectivity index (χ1) is 6.29. The van der Waals surface area contributed by atoms with Gasteiger partial charge in [-0.15, -0.1) is 11.6 Å². The molecule has 0 radical (unpaired) electrons. The molecule has 66 valence electrons. The number of fused-ring (bicyclic) bond motifs is 1. The average molecular weight is 195 g/mol. The van der Waals surface area contributed by atoms with Crippen LogP contribution in [0.5, 0.6) is 0 Å². The Balaban J connectivity index is 2.75. The van der Waals surface area contributed by atoms with Gasteiger partial charge in [-0.3, -0.25) is 0 Å². The summed E-state index contributed by atoms with van der Waals surface area (Å²) in [6.07, 6.45) is 0. The van der Waals surface area contributed by atoms with Crippen LogP contribution in [0, 0.1) is 0 Å². The van der Waals surface area contributed by atoms with Gasteiger partial charge in [0.2, 0.25) is 0 Å². The van der Waals surface area contributed by atoms with E-state index < -0.39 is 0 Å². The molecule has 0 aliphatic carbocycles. The van der Waals surface area contributed by atoms with E-state index in [9.17, 15) is 4.79 Å². The Bertz CT molecular complexity index is 487. The Kier molecular flexibility index (Phi) is 2.07. The van der Waals surface area contributed by atoms with E-state index >= 15 is 0 Å². The molecule has 1 aromatic heterocycles. The minimum atomic E-state index is -0.334. The lowest BCUT2D eigenvalue weighted by Gasteiger charge is -1.97. The Morgan fingerprint density at radius 3 is 2.77 bits per heavy atom. The molecule has 3 heteroatoms. The van der Waals surface area contributed by atoms with E-state index in [1.54, 1.807) is 12.1 Å². The van der Waals surface area contributed by atoms with Crippen LogP contribution in [0.4, 0.5) is 0 Å². The summed E-state index contributed by atoms with van der Waals surface area (Å²) in [5.74, 6) is 0.425. The van der Waals surface area contributed by atoms with Crippen LogP contribution in [-0.2, 0) is 5.88 Å². The highest BCUT2D eigenvalue weighted by molar-refractivity contribution is 6.17. The monoisotopic (exact) mass is 194 g/mol. The van der Waals surface area contributed by atoms with Crippen molar-refractivity contribution in [2.75, 3.05) is 0 Å². The molecule has 0 aliphatic rings. The van der Waals surface area contributed by atoms with Gasteiger partial charge in [-0.05, 0) is 17.7 Å². The number of rotatable bonds is 1. The molecule has 2 rings (SSSR count). The summed E-state index contributed by atoms with van der Waals surface area (Å²) in [7, 11) is 0. The first kappa shape index (κ1) is 8.32. The molecule has 0 saturated heterocycles. The number of halogens is 1. The highest BCUT2D eigenvalue weighted by atomic mass is 35.5. The molecule has 0 spiro atoms. The Morgan fingerprint density at radius 1 is 1.23 bits per heavy atom. The summed E-state index contributed by atoms with van der Waals surface area (Å²) in [4.78, 5) is 10.9. The predicted molar refractivity (Wildman–Crippen MR) is 52.0 cm³/mol. The van der Waals surface area contributed by atoms with Crippen molar-refractivity contribution in [2.45, 2.75) is 5.88 Å². The largest absolute Gasteiger partial charge is 0.423 e. The Morgan fingerprint density at radius 2 is 2.00 bits per heavy atom. The van der Waals surface area contributed by atoms with E-state index in [2.05, 4.69) is 0 Å². The van der Waals surface area contributed by atoms with Gasteiger partial charge >= 0.3 is 5.63 Å². The third-order valence-electron chi connectivity index (χ3n) is 1.84. The number of hydrogen-bond donors (Lipinski definition) is 0. The molecule has 0 bridgehead atoms. The molecule has 13 heavy (non-hydrogen) atoms. The minimum absolute atomic E-state index is 0.334. The van der Waals surface area contributed by atoms with Crippen LogP contribution in [-0.4, -0.2) is 0 Å². The first-order valence-corrected chi connectivity index (χ1v) is 4.42. The average Bonchev–Trinajstić information content (AvgIpc) is 2.16. The molecule has 0 atom stereocenters. The summed E-state index contributed by atoms with van der Waals surface area (Å²) in [5.41, 5.74) is 1.20. The van der Waals surface area contributed by atoms with Crippen molar-refractivity contribution >= 4 is 22.6 Å². The number of hydrogen-bond acceptors (Lipinski definition) is 2. The van der Waals surface area contributed by atoms with Crippen LogP contribution in [0.25, 0.3) is 11.0 Å². The molecule has 0 N–H and O–H groups in total. The fraction of sp³-hybridized carbons (Fsp3) is 0.100. The normalized spacial score (nSPS) is 10.5. The van der Waals surface area contributed by atoms with E-state index in [0.717, 1.165) is 10.9 Å². The standard InChI is InChI=1S/C10H7ClO2/c11-6-7-1-2-8-3-4-10(12)13-9(8)5-7/h1-5H,6H2. The van der Waals surface area contributed by atoms with Crippen molar-refractivity contribution in [3.63, 3.8) is 0 Å². The summed E-state index contributed by atoms with van der Waals surface area (Å²) >= 11 is 5.65. The van der Waals surface area contributed by atoms with Gasteiger partial charge in [-0.25, -0.2) is 4.79 Å². The van der Waals surface area contributed by atoms with Gasteiger partial charge in [0.15, 0.2) is 0 Å². The van der Waals surface area contributed by atoms with Gasteiger partial charge in [0.25, 0.3) is 0 Å². The molecular weight excluding hydrogens is 188 g/mol. The molecule has 0 saturated carbocycles. The maximum absolute atomic E-state index is 10.9. The molecule has 0 fully saturated rings. The van der Waals surface area contributed by atoms with Crippen molar-refractivity contribution in [2.24, 2.45) is 0 Å². The van der Waals surface area contributed by atoms with Crippen molar-refractivity contribution in [1.29, 1.82) is 0 Å². The predicted octanol–water partition coefficient (Wildman–Crippen LogP) is 2.53. The zero-order chi connectivity index (χ0) is 9.26. The SMILES string of the molecule is O=c1ccc2ccc(CCl)cc2o1. The van der Waals surface area contributed by atoms with Crippen LogP contribution in [0.2, 0.25) is 0 Å². The minimum Gasteiger partial charge on any atom is -0.423 e. The molecule has 0 aliphatic heterocycles. The summed E-state index contributed by atoms with van der Waals surface area (Å²) < 4.78 is 4.99. The summed E-state index contributed by atoms with van der Waals surface area (Å²) in [6.45, 7) is 0. The molecule has 1 aromatic carbocycles. The van der Waals surface area contributed by atoms with Gasteiger partial charge in [0.05, 0.1) is 0 Å². The van der Waals surface area contributed by atoms with E-state index in [1.165, 1.54) is 6.07 Å². The fourth-order valence-corrected chi connectivity index (χ4v) is 1.35. The topological polar surface area (TPSA) is 30.2 Å². The van der Waals surface area contributed by atoms with Gasteiger partial charge in [-0.1, -0.05) is 12.1 Å². The van der Waals surface area contributed by atoms with Crippen molar-refractivity contribution in [1.82, 2.24) is 0 Å². The smallest absolute Gasteiger partial charge is 0.336 e. The van der Waals surface area contributed by atoms with Crippen LogP contribution < -0.4 is 5.63 Å². The molecular formula is C10H7ClO2. The van der Waals surface area contributed by atoms with Gasteiger partial charge < -0.3 is 4.42 Å². The maximum Gasteiger partial charge on any atom is 0.336 e. The lowest BCUT2D eigenvalue weighted by molar-refractivity contribution is 0.561. The summed E-state index contributed by atoms with van der Waals surface area (Å²) in [6, 6.07) is 8.72. The van der Waals surface area contributed by atoms with Crippen LogP contribution >= 0.6 is 11.6 Å². The Hall–Kier alpha value is -1.28. The van der Waals surface area contributed by atoms with E-state index in [0.29, 0.717) is 11.5 Å². The highest BCUT2D eigenvalue weighted by Crippen LogP contribution is 2.14. The lowest BCUT2D eigenvalue weighted by Crippen LogP contribution is -1.94. The third kappa shape index (κ3) is 1.58. The second-order valence-corrected chi connectivity index (χ2v) is 3.03. The van der Waals surface area contributed by atoms with E-state index in [4.69, 9.17) is 16.0 Å². The van der Waals surface area contributed by atoms with Crippen LogP contribution in [0.15, 0.2) is 39.5 Å². The van der Waals surface area contributed by atoms with Gasteiger partial charge in [0, 0.05) is 17.3 Å². The molecule has 0 unspecified atom stereocenters. The van der Waals surface area contributed by atoms with Crippen molar-refractivity contribution in [3.8, 4) is 0 Å². The second-order valence-electron chi connectivity index (χ2n) is 2.76. The highest BCUT2D eigenvalue weighted by Gasteiger charge is 1.97. The third-order valence-corrected chi connectivity index (χ3v) is 2.15. The van der Waals surface area contributed by atoms with Crippen molar-refractivity contribution < 1.29 is 4.42 Å². The molecule has 1 heterocycles. The molecule has 2 aromatic rings. The number of alkyl halides is 1. The van der Waals surface area contributed by atoms with E-state index in [1.807, 2.05) is 12.1 Å². The Labute approximate surface area is 79.7 Å². The lowest BCUT2D eigenvalue weighted by atomic mass is 10.2. The first-order valence-electron chi connectivity index (χ1n) is 3.88. The van der Waals surface area contributed by atoms with Crippen LogP contribution in [0.1, 0.15) is 5.56 Å². The molecule has 2 nitrogen and oxygen atoms in total. The van der Waals surface area contributed by atoms with Gasteiger partial charge in [0.1, 0.15) is 5.58 Å². The molecule has 0 amide bonds. The van der Waals surface area contributed by atoms with Gasteiger partial charge in [-0.2, -0.15) is 0 Å². The summed E-state index contributed by atoms with van der Waals surface area (Å²) in [5, 5.41) is 0.911. The van der Waals surface area contributed by atoms with E-state index in [-0.39, 0.29) is 5.63 Å². The van der Waals surface area contributed by atoms with Crippen molar-refractivity contribution in [3.05, 3.63) is 46.3 Å².